The number of amidine groups is 1. The summed E-state index contributed by atoms with van der Waals surface area (Å²) in [4.78, 5) is 20.2. The maximum Gasteiger partial charge on any atom is 0.387 e. The van der Waals surface area contributed by atoms with Crippen LogP contribution in [-0.2, 0) is 4.79 Å². The summed E-state index contributed by atoms with van der Waals surface area (Å²) in [6.45, 7) is 1.12. The highest BCUT2D eigenvalue weighted by Crippen LogP contribution is 2.42. The lowest BCUT2D eigenvalue weighted by molar-refractivity contribution is -0.116. The van der Waals surface area contributed by atoms with Gasteiger partial charge in [-0.05, 0) is 97.9 Å². The number of rotatable bonds is 8. The summed E-state index contributed by atoms with van der Waals surface area (Å²) < 4.78 is 29.7. The van der Waals surface area contributed by atoms with Crippen molar-refractivity contribution in [1.82, 2.24) is 5.32 Å². The molecule has 2 aliphatic rings. The number of halogens is 2. The van der Waals surface area contributed by atoms with E-state index in [1.54, 1.807) is 29.2 Å². The Hall–Kier alpha value is -4.11. The van der Waals surface area contributed by atoms with Crippen molar-refractivity contribution in [1.29, 1.82) is 0 Å². The molecule has 1 amide bonds. The van der Waals surface area contributed by atoms with Gasteiger partial charge in [-0.1, -0.05) is 54.2 Å². The van der Waals surface area contributed by atoms with Gasteiger partial charge >= 0.3 is 6.61 Å². The van der Waals surface area contributed by atoms with Crippen molar-refractivity contribution in [3.05, 3.63) is 107 Å². The van der Waals surface area contributed by atoms with Gasteiger partial charge in [0.25, 0.3) is 0 Å². The standard InChI is InChI=1S/C33H33F2N3O3S/c1-21(2)38(25-8-4-3-5-9-25)29(40)20-42-33-36-30(23-13-15-26(39)16-14-23)28-10-6-7-24(31(28)37-33)19-22-11-17-27(18-12-22)41-32(34)35/h3-5,8-9,11-19,21,30,32,39H,6-7,10,20H2,1-2H3,(H,36,37)/b24-19+/t30-/m0/s1. The number of nitrogens with zero attached hydrogens (tertiary/aromatic N) is 2. The van der Waals surface area contributed by atoms with Gasteiger partial charge in [0.1, 0.15) is 17.5 Å². The number of allylic oxidation sites excluding steroid dienone is 1. The molecular weight excluding hydrogens is 556 g/mol. The molecule has 0 fully saturated rings. The van der Waals surface area contributed by atoms with Gasteiger partial charge in [-0.25, -0.2) is 4.99 Å². The van der Waals surface area contributed by atoms with Gasteiger partial charge in [-0.2, -0.15) is 8.78 Å². The minimum atomic E-state index is -2.87. The van der Waals surface area contributed by atoms with Crippen LogP contribution < -0.4 is 15.0 Å². The van der Waals surface area contributed by atoms with Crippen LogP contribution in [0.2, 0.25) is 0 Å². The number of thioether (sulfide) groups is 1. The molecule has 6 nitrogen and oxygen atoms in total. The molecule has 0 saturated heterocycles. The number of anilines is 1. The smallest absolute Gasteiger partial charge is 0.387 e. The molecule has 1 atom stereocenters. The first kappa shape index (κ1) is 29.4. The first-order valence-corrected chi connectivity index (χ1v) is 14.9. The van der Waals surface area contributed by atoms with Gasteiger partial charge < -0.3 is 20.1 Å². The fourth-order valence-corrected chi connectivity index (χ4v) is 6.06. The monoisotopic (exact) mass is 589 g/mol. The Balaban J connectivity index is 1.42. The number of alkyl halides is 2. The van der Waals surface area contributed by atoms with E-state index >= 15 is 0 Å². The molecular formula is C33H33F2N3O3S. The summed E-state index contributed by atoms with van der Waals surface area (Å²) in [6.07, 6.45) is 4.66. The Labute approximate surface area is 248 Å². The molecule has 0 radical (unpaired) electrons. The number of nitrogens with one attached hydrogen (secondary N) is 1. The Morgan fingerprint density at radius 3 is 2.45 bits per heavy atom. The van der Waals surface area contributed by atoms with Gasteiger partial charge in [-0.3, -0.25) is 4.79 Å². The van der Waals surface area contributed by atoms with Gasteiger partial charge in [0.15, 0.2) is 5.17 Å². The Bertz CT molecular complexity index is 1490. The van der Waals surface area contributed by atoms with Crippen LogP contribution in [0.5, 0.6) is 11.5 Å². The molecule has 1 aliphatic heterocycles. The van der Waals surface area contributed by atoms with E-state index in [2.05, 4.69) is 16.1 Å². The van der Waals surface area contributed by atoms with Gasteiger partial charge in [-0.15, -0.1) is 0 Å². The molecule has 218 valence electrons. The molecule has 0 saturated carbocycles. The van der Waals surface area contributed by atoms with Gasteiger partial charge in [0, 0.05) is 17.4 Å². The number of hydrogen-bond donors (Lipinski definition) is 2. The lowest BCUT2D eigenvalue weighted by Gasteiger charge is -2.33. The molecule has 3 aromatic carbocycles. The zero-order valence-corrected chi connectivity index (χ0v) is 24.3. The van der Waals surface area contributed by atoms with Crippen LogP contribution in [0.4, 0.5) is 14.5 Å². The Kier molecular flexibility index (Phi) is 9.27. The average Bonchev–Trinajstić information content (AvgIpc) is 2.97. The normalized spacial score (nSPS) is 17.6. The molecule has 1 heterocycles. The third-order valence-corrected chi connectivity index (χ3v) is 8.02. The third-order valence-electron chi connectivity index (χ3n) is 7.15. The minimum absolute atomic E-state index is 0.00817. The number of amides is 1. The highest BCUT2D eigenvalue weighted by molar-refractivity contribution is 8.14. The van der Waals surface area contributed by atoms with Crippen molar-refractivity contribution >= 4 is 34.6 Å². The van der Waals surface area contributed by atoms with Crippen molar-refractivity contribution in [2.75, 3.05) is 10.7 Å². The molecule has 3 aromatic rings. The van der Waals surface area contributed by atoms with Crippen molar-refractivity contribution in [2.24, 2.45) is 4.99 Å². The highest BCUT2D eigenvalue weighted by Gasteiger charge is 2.31. The maximum absolute atomic E-state index is 13.4. The number of benzene rings is 3. The average molecular weight is 590 g/mol. The topological polar surface area (TPSA) is 74.2 Å². The van der Waals surface area contributed by atoms with E-state index in [-0.39, 0.29) is 35.2 Å². The van der Waals surface area contributed by atoms with Gasteiger partial charge in [0.2, 0.25) is 5.91 Å². The third kappa shape index (κ3) is 7.02. The molecule has 0 bridgehead atoms. The number of carbonyl (C=O) groups excluding carboxylic acids is 1. The van der Waals surface area contributed by atoms with E-state index in [1.807, 2.05) is 56.3 Å². The van der Waals surface area contributed by atoms with Gasteiger partial charge in [0.05, 0.1) is 5.75 Å². The van der Waals surface area contributed by atoms with E-state index in [1.165, 1.54) is 23.9 Å². The number of para-hydroxylation sites is 1. The summed E-state index contributed by atoms with van der Waals surface area (Å²) in [7, 11) is 0. The van der Waals surface area contributed by atoms with Crippen LogP contribution in [0.15, 0.2) is 101 Å². The minimum Gasteiger partial charge on any atom is -0.508 e. The summed E-state index contributed by atoms with van der Waals surface area (Å²) in [6, 6.07) is 23.0. The van der Waals surface area contributed by atoms with E-state index in [0.29, 0.717) is 5.17 Å². The van der Waals surface area contributed by atoms with E-state index in [0.717, 1.165) is 52.9 Å². The first-order valence-electron chi connectivity index (χ1n) is 13.9. The summed E-state index contributed by atoms with van der Waals surface area (Å²) in [5.74, 6) is 0.482. The Morgan fingerprint density at radius 1 is 1.07 bits per heavy atom. The summed E-state index contributed by atoms with van der Waals surface area (Å²) in [5.41, 5.74) is 5.86. The lowest BCUT2D eigenvalue weighted by atomic mass is 9.84. The van der Waals surface area contributed by atoms with Crippen molar-refractivity contribution in [3.63, 3.8) is 0 Å². The second kappa shape index (κ2) is 13.2. The SMILES string of the molecule is CC(C)N(C(=O)CSC1=N[C@@H](c2ccc(O)cc2)C2=C(N1)/C(=C/c1ccc(OC(F)F)cc1)CCC2)c1ccccc1. The van der Waals surface area contributed by atoms with Crippen LogP contribution in [0.25, 0.3) is 6.08 Å². The molecule has 9 heteroatoms. The number of aliphatic imine (C=N–C) groups is 1. The quantitative estimate of drug-likeness (QED) is 0.282. The van der Waals surface area contributed by atoms with Crippen LogP contribution in [0.3, 0.4) is 0 Å². The van der Waals surface area contributed by atoms with Crippen LogP contribution in [0.1, 0.15) is 50.3 Å². The van der Waals surface area contributed by atoms with Crippen LogP contribution in [0, 0.1) is 0 Å². The number of aromatic hydroxyl groups is 1. The number of ether oxygens (including phenoxy) is 1. The predicted octanol–water partition coefficient (Wildman–Crippen LogP) is 7.69. The predicted molar refractivity (Wildman–Crippen MR) is 165 cm³/mol. The highest BCUT2D eigenvalue weighted by atomic mass is 32.2. The lowest BCUT2D eigenvalue weighted by Crippen LogP contribution is -2.39. The number of hydrogen-bond acceptors (Lipinski definition) is 6. The summed E-state index contributed by atoms with van der Waals surface area (Å²) >= 11 is 1.37. The molecule has 5 rings (SSSR count). The van der Waals surface area contributed by atoms with Crippen molar-refractivity contribution in [3.8, 4) is 11.5 Å². The molecule has 1 aliphatic carbocycles. The van der Waals surface area contributed by atoms with Crippen molar-refractivity contribution < 1.29 is 23.4 Å². The fourth-order valence-electron chi connectivity index (χ4n) is 5.31. The summed E-state index contributed by atoms with van der Waals surface area (Å²) in [5, 5.41) is 14.0. The van der Waals surface area contributed by atoms with E-state index in [9.17, 15) is 18.7 Å². The molecule has 42 heavy (non-hydrogen) atoms. The maximum atomic E-state index is 13.4. The Morgan fingerprint density at radius 2 is 1.79 bits per heavy atom. The molecule has 0 spiro atoms. The van der Waals surface area contributed by atoms with E-state index < -0.39 is 6.61 Å². The number of phenolic OH excluding ortho intramolecular Hbond substituents is 1. The number of carbonyl (C=O) groups is 1. The number of phenols is 1. The second-order valence-electron chi connectivity index (χ2n) is 10.4. The second-order valence-corrected chi connectivity index (χ2v) is 11.4. The van der Waals surface area contributed by atoms with E-state index in [4.69, 9.17) is 4.99 Å². The van der Waals surface area contributed by atoms with Crippen molar-refractivity contribution in [2.45, 2.75) is 51.8 Å². The van der Waals surface area contributed by atoms with Crippen LogP contribution >= 0.6 is 11.8 Å². The zero-order chi connectivity index (χ0) is 29.6. The zero-order valence-electron chi connectivity index (χ0n) is 23.5. The molecule has 2 N–H and O–H groups in total. The fraction of sp³-hybridized carbons (Fsp3) is 0.273. The molecule has 0 aromatic heterocycles. The molecule has 0 unspecified atom stereocenters. The van der Waals surface area contributed by atoms with Crippen LogP contribution in [-0.4, -0.2) is 34.6 Å². The largest absolute Gasteiger partial charge is 0.508 e. The first-order chi connectivity index (χ1) is 20.3.